The van der Waals surface area contributed by atoms with Gasteiger partial charge in [0.1, 0.15) is 0 Å². The molecule has 0 saturated carbocycles. The molecule has 0 rings (SSSR count). The van der Waals surface area contributed by atoms with Gasteiger partial charge in [-0.05, 0) is 13.0 Å². The first-order valence-electron chi connectivity index (χ1n) is 2.64. The second-order valence-corrected chi connectivity index (χ2v) is 2.28. The van der Waals surface area contributed by atoms with E-state index in [-0.39, 0.29) is 6.61 Å². The number of carbonyl (C=O) groups excluding carboxylic acids is 1. The molecule has 0 bridgehead atoms. The molecule has 5 nitrogen and oxygen atoms in total. The Labute approximate surface area is 60.8 Å². The average Bonchev–Trinajstić information content (AvgIpc) is 1.88. The van der Waals surface area contributed by atoms with E-state index in [1.165, 1.54) is 0 Å². The van der Waals surface area contributed by atoms with Gasteiger partial charge in [-0.1, -0.05) is 0 Å². The Bertz CT molecular complexity index is 137. The summed E-state index contributed by atoms with van der Waals surface area (Å²) in [6, 6.07) is 0. The lowest BCUT2D eigenvalue weighted by Gasteiger charge is -2.04. The van der Waals surface area contributed by atoms with Crippen molar-refractivity contribution in [2.45, 2.75) is 6.42 Å². The van der Waals surface area contributed by atoms with Gasteiger partial charge in [-0.25, -0.2) is 4.79 Å². The Morgan fingerprint density at radius 2 is 2.30 bits per heavy atom. The van der Waals surface area contributed by atoms with Gasteiger partial charge >= 0.3 is 5.30 Å². The second-order valence-electron chi connectivity index (χ2n) is 1.48. The standard InChI is InChI=1S/C4H9NO4S/c5-2-1-3-9-4(6)10(7)8/h1-3,5H2,(H,7,8)/p-1. The number of carbonyl (C=O) groups is 1. The summed E-state index contributed by atoms with van der Waals surface area (Å²) in [5.74, 6) is 0. The van der Waals surface area contributed by atoms with Gasteiger partial charge in [-0.15, -0.1) is 0 Å². The van der Waals surface area contributed by atoms with Crippen LogP contribution in [0.2, 0.25) is 0 Å². The zero-order chi connectivity index (χ0) is 7.98. The predicted molar refractivity (Wildman–Crippen MR) is 33.9 cm³/mol. The van der Waals surface area contributed by atoms with Crippen molar-refractivity contribution in [3.05, 3.63) is 0 Å². The quantitative estimate of drug-likeness (QED) is 0.341. The molecule has 0 saturated heterocycles. The molecule has 0 aliphatic carbocycles. The number of hydrogen-bond donors (Lipinski definition) is 1. The van der Waals surface area contributed by atoms with Gasteiger partial charge in [0.15, 0.2) is 0 Å². The predicted octanol–water partition coefficient (Wildman–Crippen LogP) is -0.649. The minimum absolute atomic E-state index is 0.0588. The lowest BCUT2D eigenvalue weighted by Crippen LogP contribution is -2.12. The Balaban J connectivity index is 3.31. The molecule has 10 heavy (non-hydrogen) atoms. The monoisotopic (exact) mass is 166 g/mol. The minimum atomic E-state index is -2.77. The Morgan fingerprint density at radius 3 is 2.70 bits per heavy atom. The summed E-state index contributed by atoms with van der Waals surface area (Å²) < 4.78 is 23.8. The summed E-state index contributed by atoms with van der Waals surface area (Å²) >= 11 is -2.77. The zero-order valence-corrected chi connectivity index (χ0v) is 6.06. The van der Waals surface area contributed by atoms with Crippen LogP contribution in [-0.4, -0.2) is 27.2 Å². The van der Waals surface area contributed by atoms with Crippen LogP contribution in [0.15, 0.2) is 0 Å². The zero-order valence-electron chi connectivity index (χ0n) is 5.24. The third-order valence-corrected chi connectivity index (χ3v) is 1.09. The molecule has 0 spiro atoms. The van der Waals surface area contributed by atoms with Crippen molar-refractivity contribution < 1.29 is 18.3 Å². The molecular formula is C4H8NO4S-. The molecule has 0 radical (unpaired) electrons. The van der Waals surface area contributed by atoms with Crippen LogP contribution >= 0.6 is 0 Å². The molecule has 0 aromatic carbocycles. The maximum absolute atomic E-state index is 10.1. The fraction of sp³-hybridized carbons (Fsp3) is 0.750. The van der Waals surface area contributed by atoms with Crippen molar-refractivity contribution in [2.75, 3.05) is 13.2 Å². The van der Waals surface area contributed by atoms with E-state index in [1.807, 2.05) is 0 Å². The molecule has 1 atom stereocenters. The summed E-state index contributed by atoms with van der Waals surface area (Å²) in [5.41, 5.74) is 5.05. The lowest BCUT2D eigenvalue weighted by molar-refractivity contribution is 0.170. The molecule has 0 aromatic rings. The topological polar surface area (TPSA) is 92.5 Å². The second kappa shape index (κ2) is 5.33. The maximum Gasteiger partial charge on any atom is 0.384 e. The molecule has 0 fully saturated rings. The summed E-state index contributed by atoms with van der Waals surface area (Å²) in [6.07, 6.45) is 0.475. The van der Waals surface area contributed by atoms with Crippen LogP contribution in [0.1, 0.15) is 6.42 Å². The molecule has 60 valence electrons. The molecular weight excluding hydrogens is 158 g/mol. The van der Waals surface area contributed by atoms with Gasteiger partial charge in [0, 0.05) is 0 Å². The summed E-state index contributed by atoms with van der Waals surface area (Å²) in [6.45, 7) is 0.433. The number of rotatable bonds is 3. The van der Waals surface area contributed by atoms with Crippen LogP contribution in [0.25, 0.3) is 0 Å². The van der Waals surface area contributed by atoms with E-state index < -0.39 is 16.4 Å². The van der Waals surface area contributed by atoms with Crippen LogP contribution < -0.4 is 5.73 Å². The van der Waals surface area contributed by atoms with E-state index in [1.54, 1.807) is 0 Å². The smallest absolute Gasteiger partial charge is 0.384 e. The van der Waals surface area contributed by atoms with Gasteiger partial charge in [0.05, 0.1) is 17.7 Å². The highest BCUT2D eigenvalue weighted by Crippen LogP contribution is 1.86. The van der Waals surface area contributed by atoms with Crippen LogP contribution in [-0.2, 0) is 15.8 Å². The van der Waals surface area contributed by atoms with E-state index in [2.05, 4.69) is 4.74 Å². The van der Waals surface area contributed by atoms with Crippen LogP contribution in [0.4, 0.5) is 4.79 Å². The first kappa shape index (κ1) is 9.54. The van der Waals surface area contributed by atoms with E-state index in [9.17, 15) is 13.6 Å². The van der Waals surface area contributed by atoms with Crippen LogP contribution in [0, 0.1) is 0 Å². The van der Waals surface area contributed by atoms with Gasteiger partial charge in [-0.2, -0.15) is 0 Å². The van der Waals surface area contributed by atoms with Crippen molar-refractivity contribution in [1.29, 1.82) is 0 Å². The summed E-state index contributed by atoms with van der Waals surface area (Å²) in [7, 11) is 0. The molecule has 0 aliphatic rings. The van der Waals surface area contributed by atoms with Crippen molar-refractivity contribution >= 4 is 16.4 Å². The Morgan fingerprint density at radius 1 is 1.70 bits per heavy atom. The Kier molecular flexibility index (Phi) is 5.09. The number of hydrogen-bond acceptors (Lipinski definition) is 5. The highest BCUT2D eigenvalue weighted by Gasteiger charge is 1.99. The average molecular weight is 166 g/mol. The largest absolute Gasteiger partial charge is 0.764 e. The van der Waals surface area contributed by atoms with Gasteiger partial charge in [0.25, 0.3) is 0 Å². The van der Waals surface area contributed by atoms with E-state index in [0.717, 1.165) is 0 Å². The van der Waals surface area contributed by atoms with Gasteiger partial charge in [-0.3, -0.25) is 4.21 Å². The lowest BCUT2D eigenvalue weighted by atomic mass is 10.5. The number of nitrogens with two attached hydrogens (primary N) is 1. The van der Waals surface area contributed by atoms with Crippen molar-refractivity contribution in [1.82, 2.24) is 0 Å². The molecule has 0 heterocycles. The molecule has 0 aliphatic heterocycles. The van der Waals surface area contributed by atoms with Crippen molar-refractivity contribution in [2.24, 2.45) is 5.73 Å². The molecule has 0 amide bonds. The third-order valence-electron chi connectivity index (χ3n) is 0.704. The highest BCUT2D eigenvalue weighted by atomic mass is 32.2. The molecule has 2 N–H and O–H groups in total. The molecule has 6 heteroatoms. The van der Waals surface area contributed by atoms with Gasteiger partial charge < -0.3 is 15.0 Å². The fourth-order valence-corrected chi connectivity index (χ4v) is 0.467. The van der Waals surface area contributed by atoms with Crippen LogP contribution in [0.5, 0.6) is 0 Å². The van der Waals surface area contributed by atoms with E-state index >= 15 is 0 Å². The van der Waals surface area contributed by atoms with Crippen LogP contribution in [0.3, 0.4) is 0 Å². The summed E-state index contributed by atoms with van der Waals surface area (Å²) in [4.78, 5) is 10.1. The fourth-order valence-electron chi connectivity index (χ4n) is 0.287. The number of ether oxygens (including phenoxy) is 1. The Hall–Kier alpha value is -0.460. The highest BCUT2D eigenvalue weighted by molar-refractivity contribution is 7.94. The first-order valence-corrected chi connectivity index (χ1v) is 3.72. The molecule has 0 aromatic heterocycles. The van der Waals surface area contributed by atoms with Gasteiger partial charge in [0.2, 0.25) is 0 Å². The normalized spacial score (nSPS) is 12.6. The SMILES string of the molecule is NCCCOC(=O)S(=O)[O-]. The first-order chi connectivity index (χ1) is 4.68. The van der Waals surface area contributed by atoms with E-state index in [0.29, 0.717) is 13.0 Å². The summed E-state index contributed by atoms with van der Waals surface area (Å²) in [5, 5.41) is -1.23. The third kappa shape index (κ3) is 4.42. The van der Waals surface area contributed by atoms with Crippen molar-refractivity contribution in [3.8, 4) is 0 Å². The molecule has 1 unspecified atom stereocenters. The van der Waals surface area contributed by atoms with Crippen molar-refractivity contribution in [3.63, 3.8) is 0 Å². The van der Waals surface area contributed by atoms with E-state index in [4.69, 9.17) is 5.73 Å². The maximum atomic E-state index is 10.1. The minimum Gasteiger partial charge on any atom is -0.764 e.